The lowest BCUT2D eigenvalue weighted by Crippen LogP contribution is -2.14. The topological polar surface area (TPSA) is 96.5 Å². The van der Waals surface area contributed by atoms with E-state index in [0.717, 1.165) is 36.9 Å². The summed E-state index contributed by atoms with van der Waals surface area (Å²) >= 11 is 2.87. The number of rotatable bonds is 6. The van der Waals surface area contributed by atoms with Gasteiger partial charge in [0, 0.05) is 17.6 Å². The fraction of sp³-hybridized carbons (Fsp3) is 0.350. The van der Waals surface area contributed by atoms with Gasteiger partial charge in [-0.25, -0.2) is 0 Å². The number of pyridine rings is 1. The van der Waals surface area contributed by atoms with E-state index in [-0.39, 0.29) is 11.7 Å². The number of fused-ring (bicyclic) bond motifs is 1. The van der Waals surface area contributed by atoms with Crippen LogP contribution in [0.4, 0.5) is 5.00 Å². The summed E-state index contributed by atoms with van der Waals surface area (Å²) in [7, 11) is 0. The van der Waals surface area contributed by atoms with Crippen LogP contribution >= 0.6 is 23.1 Å². The first-order valence-electron chi connectivity index (χ1n) is 9.53. The van der Waals surface area contributed by atoms with Gasteiger partial charge in [0.2, 0.25) is 5.91 Å². The number of nitrogens with zero attached hydrogens (tertiary/aromatic N) is 5. The molecular weight excluding hydrogens is 404 g/mol. The molecule has 1 amide bonds. The molecule has 0 unspecified atom stereocenters. The van der Waals surface area contributed by atoms with Crippen LogP contribution in [0.5, 0.6) is 0 Å². The van der Waals surface area contributed by atoms with Gasteiger partial charge in [-0.05, 0) is 50.3 Å². The lowest BCUT2D eigenvalue weighted by molar-refractivity contribution is -0.113. The molecule has 0 atom stereocenters. The second-order valence-corrected chi connectivity index (χ2v) is 8.68. The third kappa shape index (κ3) is 4.04. The first kappa shape index (κ1) is 19.6. The van der Waals surface area contributed by atoms with E-state index in [1.165, 1.54) is 16.6 Å². The smallest absolute Gasteiger partial charge is 0.235 e. The van der Waals surface area contributed by atoms with Gasteiger partial charge in [0.25, 0.3) is 0 Å². The maximum absolute atomic E-state index is 12.5. The molecule has 0 spiro atoms. The maximum atomic E-state index is 12.5. The van der Waals surface area contributed by atoms with Crippen LogP contribution < -0.4 is 5.32 Å². The molecule has 0 saturated heterocycles. The summed E-state index contributed by atoms with van der Waals surface area (Å²) in [6.07, 6.45) is 5.89. The average molecular weight is 425 g/mol. The van der Waals surface area contributed by atoms with E-state index in [1.54, 1.807) is 17.5 Å². The zero-order chi connectivity index (χ0) is 20.2. The first-order chi connectivity index (χ1) is 14.2. The molecule has 9 heteroatoms. The minimum Gasteiger partial charge on any atom is -0.316 e. The number of thiophene rings is 1. The molecule has 0 saturated carbocycles. The lowest BCUT2D eigenvalue weighted by atomic mass is 9.96. The van der Waals surface area contributed by atoms with E-state index in [1.807, 2.05) is 29.7 Å². The summed E-state index contributed by atoms with van der Waals surface area (Å²) in [6, 6.07) is 7.93. The van der Waals surface area contributed by atoms with Crippen molar-refractivity contribution in [1.82, 2.24) is 19.7 Å². The average Bonchev–Trinajstić information content (AvgIpc) is 3.33. The minimum atomic E-state index is -0.143. The van der Waals surface area contributed by atoms with Crippen LogP contribution in [0, 0.1) is 11.3 Å². The molecule has 1 aliphatic rings. The molecule has 3 heterocycles. The largest absolute Gasteiger partial charge is 0.316 e. The van der Waals surface area contributed by atoms with E-state index in [9.17, 15) is 10.1 Å². The van der Waals surface area contributed by atoms with E-state index < -0.39 is 0 Å². The molecule has 1 aliphatic carbocycles. The highest BCUT2D eigenvalue weighted by molar-refractivity contribution is 7.99. The Morgan fingerprint density at radius 1 is 1.34 bits per heavy atom. The second-order valence-electron chi connectivity index (χ2n) is 6.63. The van der Waals surface area contributed by atoms with Crippen LogP contribution in [0.25, 0.3) is 11.5 Å². The normalized spacial score (nSPS) is 13.0. The van der Waals surface area contributed by atoms with Gasteiger partial charge < -0.3 is 9.88 Å². The van der Waals surface area contributed by atoms with Crippen LogP contribution in [0.2, 0.25) is 0 Å². The molecule has 3 aromatic rings. The number of thioether (sulfide) groups is 1. The Labute approximate surface area is 177 Å². The van der Waals surface area contributed by atoms with Crippen molar-refractivity contribution in [3.8, 4) is 17.6 Å². The van der Waals surface area contributed by atoms with Gasteiger partial charge in [0.15, 0.2) is 11.0 Å². The first-order valence-corrected chi connectivity index (χ1v) is 11.3. The lowest BCUT2D eigenvalue weighted by Gasteiger charge is -2.09. The third-order valence-corrected chi connectivity index (χ3v) is 6.97. The Bertz CT molecular complexity index is 1070. The van der Waals surface area contributed by atoms with E-state index in [4.69, 9.17) is 0 Å². The quantitative estimate of drug-likeness (QED) is 0.603. The molecular formula is C20H20N6OS2. The number of carbonyl (C=O) groups is 1. The standard InChI is InChI=1S/C20H20N6OS2/c1-2-26-18(15-8-5-6-10-22-15)24-25-20(26)28-12-17(27)23-19-14(11-21)13-7-3-4-9-16(13)29-19/h5-6,8,10H,2-4,7,9,12H2,1H3,(H,23,27). The highest BCUT2D eigenvalue weighted by atomic mass is 32.2. The van der Waals surface area contributed by atoms with Gasteiger partial charge in [0.05, 0.1) is 11.3 Å². The molecule has 0 aliphatic heterocycles. The fourth-order valence-corrected chi connectivity index (χ4v) is 5.49. The number of hydrogen-bond donors (Lipinski definition) is 1. The summed E-state index contributed by atoms with van der Waals surface area (Å²) in [5.74, 6) is 0.747. The molecule has 4 rings (SSSR count). The van der Waals surface area contributed by atoms with Crippen LogP contribution in [0.1, 0.15) is 35.8 Å². The Kier molecular flexibility index (Phi) is 5.92. The number of carbonyl (C=O) groups excluding carboxylic acids is 1. The number of hydrogen-bond acceptors (Lipinski definition) is 7. The van der Waals surface area contributed by atoms with Gasteiger partial charge in [-0.3, -0.25) is 9.78 Å². The zero-order valence-corrected chi connectivity index (χ0v) is 17.6. The van der Waals surface area contributed by atoms with Gasteiger partial charge in [0.1, 0.15) is 16.8 Å². The fourth-order valence-electron chi connectivity index (χ4n) is 3.43. The van der Waals surface area contributed by atoms with Crippen LogP contribution in [0.3, 0.4) is 0 Å². The van der Waals surface area contributed by atoms with Crippen molar-refractivity contribution in [1.29, 1.82) is 5.26 Å². The number of aromatic nitrogens is 4. The monoisotopic (exact) mass is 424 g/mol. The molecule has 0 aromatic carbocycles. The van der Waals surface area contributed by atoms with E-state index >= 15 is 0 Å². The molecule has 7 nitrogen and oxygen atoms in total. The van der Waals surface area contributed by atoms with Crippen molar-refractivity contribution >= 4 is 34.0 Å². The Hall–Kier alpha value is -2.70. The third-order valence-electron chi connectivity index (χ3n) is 4.80. The molecule has 0 radical (unpaired) electrons. The summed E-state index contributed by atoms with van der Waals surface area (Å²) in [6.45, 7) is 2.69. The van der Waals surface area contributed by atoms with Crippen molar-refractivity contribution in [3.63, 3.8) is 0 Å². The van der Waals surface area contributed by atoms with Crippen molar-refractivity contribution in [2.45, 2.75) is 44.3 Å². The molecule has 29 heavy (non-hydrogen) atoms. The zero-order valence-electron chi connectivity index (χ0n) is 16.0. The van der Waals surface area contributed by atoms with Crippen molar-refractivity contribution < 1.29 is 4.79 Å². The van der Waals surface area contributed by atoms with Gasteiger partial charge in [-0.1, -0.05) is 17.8 Å². The number of nitriles is 1. The molecule has 3 aromatic heterocycles. The predicted molar refractivity (Wildman–Crippen MR) is 114 cm³/mol. The summed E-state index contributed by atoms with van der Waals surface area (Å²) < 4.78 is 1.95. The minimum absolute atomic E-state index is 0.143. The van der Waals surface area contributed by atoms with Crippen LogP contribution in [-0.2, 0) is 24.2 Å². The predicted octanol–water partition coefficient (Wildman–Crippen LogP) is 3.90. The summed E-state index contributed by atoms with van der Waals surface area (Å²) in [4.78, 5) is 18.1. The molecule has 148 valence electrons. The number of anilines is 1. The van der Waals surface area contributed by atoms with Crippen molar-refractivity contribution in [2.75, 3.05) is 11.1 Å². The highest BCUT2D eigenvalue weighted by Crippen LogP contribution is 2.37. The Morgan fingerprint density at radius 2 is 2.21 bits per heavy atom. The maximum Gasteiger partial charge on any atom is 0.235 e. The summed E-state index contributed by atoms with van der Waals surface area (Å²) in [5.41, 5.74) is 2.51. The second kappa shape index (κ2) is 8.76. The molecule has 0 fully saturated rings. The van der Waals surface area contributed by atoms with Crippen LogP contribution in [-0.4, -0.2) is 31.4 Å². The van der Waals surface area contributed by atoms with Gasteiger partial charge in [-0.15, -0.1) is 21.5 Å². The Morgan fingerprint density at radius 3 is 2.97 bits per heavy atom. The van der Waals surface area contributed by atoms with Crippen molar-refractivity contribution in [3.05, 3.63) is 40.4 Å². The van der Waals surface area contributed by atoms with Gasteiger partial charge >= 0.3 is 0 Å². The number of amides is 1. The number of aryl methyl sites for hydroxylation is 1. The highest BCUT2D eigenvalue weighted by Gasteiger charge is 2.22. The van der Waals surface area contributed by atoms with Crippen LogP contribution in [0.15, 0.2) is 29.6 Å². The Balaban J connectivity index is 1.45. The molecule has 1 N–H and O–H groups in total. The summed E-state index contributed by atoms with van der Waals surface area (Å²) in [5, 5.41) is 22.3. The SMILES string of the molecule is CCn1c(SCC(=O)Nc2sc3c(c2C#N)CCCC3)nnc1-c1ccccn1. The van der Waals surface area contributed by atoms with Crippen molar-refractivity contribution in [2.24, 2.45) is 0 Å². The van der Waals surface area contributed by atoms with E-state index in [2.05, 4.69) is 26.6 Å². The molecule has 0 bridgehead atoms. The van der Waals surface area contributed by atoms with E-state index in [0.29, 0.717) is 28.1 Å². The number of nitrogens with one attached hydrogen (secondary N) is 1. The van der Waals surface area contributed by atoms with Gasteiger partial charge in [-0.2, -0.15) is 5.26 Å².